The molecule has 0 N–H and O–H groups in total. The number of rotatable bonds is 4. The topological polar surface area (TPSA) is 89.7 Å². The Hall–Kier alpha value is -4.52. The number of nitro groups is 1. The summed E-state index contributed by atoms with van der Waals surface area (Å²) in [5, 5.41) is 12.5. The Morgan fingerprint density at radius 2 is 1.42 bits per heavy atom. The number of amides is 2. The molecule has 0 saturated carbocycles. The highest BCUT2D eigenvalue weighted by atomic mass is 16.6. The van der Waals surface area contributed by atoms with Crippen LogP contribution in [0.15, 0.2) is 84.9 Å². The predicted molar refractivity (Wildman–Crippen MR) is 115 cm³/mol. The van der Waals surface area contributed by atoms with Gasteiger partial charge in [0.1, 0.15) is 11.5 Å². The maximum Gasteiger partial charge on any atom is 0.269 e. The predicted octanol–water partition coefficient (Wildman–Crippen LogP) is 5.34. The number of nitrogens with zero attached hydrogens (tertiary/aromatic N) is 2. The van der Waals surface area contributed by atoms with Gasteiger partial charge < -0.3 is 4.74 Å². The van der Waals surface area contributed by atoms with Crippen molar-refractivity contribution in [3.63, 3.8) is 0 Å². The molecule has 0 aromatic heterocycles. The molecule has 0 aliphatic carbocycles. The minimum absolute atomic E-state index is 0.0483. The Bertz CT molecular complexity index is 1370. The molecule has 31 heavy (non-hydrogen) atoms. The number of carbonyl (C=O) groups is 2. The molecule has 4 aromatic carbocycles. The van der Waals surface area contributed by atoms with Gasteiger partial charge in [0.15, 0.2) is 0 Å². The average molecular weight is 410 g/mol. The molecule has 0 saturated heterocycles. The second kappa shape index (κ2) is 7.07. The summed E-state index contributed by atoms with van der Waals surface area (Å²) >= 11 is 0. The van der Waals surface area contributed by atoms with Crippen LogP contribution in [0.5, 0.6) is 11.5 Å². The monoisotopic (exact) mass is 410 g/mol. The first-order valence-electron chi connectivity index (χ1n) is 9.46. The van der Waals surface area contributed by atoms with E-state index in [-0.39, 0.29) is 11.3 Å². The highest BCUT2D eigenvalue weighted by Gasteiger charge is 2.37. The van der Waals surface area contributed by atoms with Crippen molar-refractivity contribution in [1.82, 2.24) is 0 Å². The number of ether oxygens (including phenoxy) is 1. The van der Waals surface area contributed by atoms with Gasteiger partial charge in [0.25, 0.3) is 17.5 Å². The van der Waals surface area contributed by atoms with Crippen LogP contribution in [0.2, 0.25) is 0 Å². The second-order valence-electron chi connectivity index (χ2n) is 7.00. The summed E-state index contributed by atoms with van der Waals surface area (Å²) in [4.78, 5) is 37.6. The van der Waals surface area contributed by atoms with E-state index in [0.29, 0.717) is 22.7 Å². The van der Waals surface area contributed by atoms with E-state index in [1.54, 1.807) is 18.2 Å². The summed E-state index contributed by atoms with van der Waals surface area (Å²) < 4.78 is 5.73. The Morgan fingerprint density at radius 1 is 0.742 bits per heavy atom. The van der Waals surface area contributed by atoms with Crippen molar-refractivity contribution in [2.75, 3.05) is 4.90 Å². The molecular formula is C24H14N2O5. The van der Waals surface area contributed by atoms with Crippen LogP contribution in [0.25, 0.3) is 10.8 Å². The van der Waals surface area contributed by atoms with Crippen LogP contribution < -0.4 is 9.64 Å². The summed E-state index contributed by atoms with van der Waals surface area (Å²) in [5.74, 6) is -0.0782. The van der Waals surface area contributed by atoms with Crippen LogP contribution in [0.4, 0.5) is 11.4 Å². The number of nitro benzene ring substituents is 1. The standard InChI is InChI=1S/C24H14N2O5/c27-23-20-13-12-18(31-17-10-8-16(9-11-17)26(29)30)14-21(20)24(28)25(23)22-7-3-5-15-4-1-2-6-19(15)22/h1-14H. The maximum absolute atomic E-state index is 13.2. The van der Waals surface area contributed by atoms with Crippen molar-refractivity contribution in [2.24, 2.45) is 0 Å². The van der Waals surface area contributed by atoms with Gasteiger partial charge in [0.05, 0.1) is 21.7 Å². The molecule has 7 nitrogen and oxygen atoms in total. The highest BCUT2D eigenvalue weighted by Crippen LogP contribution is 2.35. The molecule has 0 radical (unpaired) electrons. The third-order valence-electron chi connectivity index (χ3n) is 5.15. The van der Waals surface area contributed by atoms with E-state index in [0.717, 1.165) is 10.8 Å². The first kappa shape index (κ1) is 18.5. The maximum atomic E-state index is 13.2. The van der Waals surface area contributed by atoms with Crippen LogP contribution in [0.3, 0.4) is 0 Å². The quantitative estimate of drug-likeness (QED) is 0.257. The van der Waals surface area contributed by atoms with Gasteiger partial charge in [0.2, 0.25) is 0 Å². The van der Waals surface area contributed by atoms with Gasteiger partial charge in [-0.25, -0.2) is 4.90 Å². The largest absolute Gasteiger partial charge is 0.457 e. The van der Waals surface area contributed by atoms with E-state index in [9.17, 15) is 19.7 Å². The van der Waals surface area contributed by atoms with Crippen LogP contribution >= 0.6 is 0 Å². The molecule has 0 fully saturated rings. The Morgan fingerprint density at radius 3 is 2.19 bits per heavy atom. The third-order valence-corrected chi connectivity index (χ3v) is 5.15. The van der Waals surface area contributed by atoms with Gasteiger partial charge in [0, 0.05) is 17.5 Å². The van der Waals surface area contributed by atoms with Gasteiger partial charge in [-0.2, -0.15) is 0 Å². The lowest BCUT2D eigenvalue weighted by Gasteiger charge is -2.16. The molecule has 5 rings (SSSR count). The molecule has 1 heterocycles. The van der Waals surface area contributed by atoms with E-state index in [4.69, 9.17) is 4.74 Å². The number of hydrogen-bond donors (Lipinski definition) is 0. The van der Waals surface area contributed by atoms with Crippen LogP contribution in [-0.4, -0.2) is 16.7 Å². The van der Waals surface area contributed by atoms with Crippen molar-refractivity contribution in [3.8, 4) is 11.5 Å². The molecular weight excluding hydrogens is 396 g/mol. The summed E-state index contributed by atoms with van der Waals surface area (Å²) in [6, 6.07) is 23.3. The van der Waals surface area contributed by atoms with Gasteiger partial charge in [-0.15, -0.1) is 0 Å². The number of imide groups is 1. The van der Waals surface area contributed by atoms with Crippen LogP contribution in [0.1, 0.15) is 20.7 Å². The van der Waals surface area contributed by atoms with Crippen LogP contribution in [0, 0.1) is 10.1 Å². The molecule has 1 aliphatic heterocycles. The minimum Gasteiger partial charge on any atom is -0.457 e. The summed E-state index contributed by atoms with van der Waals surface area (Å²) in [7, 11) is 0. The summed E-state index contributed by atoms with van der Waals surface area (Å²) in [5.41, 5.74) is 1.03. The zero-order valence-electron chi connectivity index (χ0n) is 16.0. The van der Waals surface area contributed by atoms with Crippen molar-refractivity contribution in [2.45, 2.75) is 0 Å². The van der Waals surface area contributed by atoms with Crippen molar-refractivity contribution >= 4 is 34.0 Å². The van der Waals surface area contributed by atoms with Crippen molar-refractivity contribution < 1.29 is 19.2 Å². The number of benzene rings is 4. The Balaban J connectivity index is 1.49. The van der Waals surface area contributed by atoms with Crippen molar-refractivity contribution in [3.05, 3.63) is 106 Å². The molecule has 0 atom stereocenters. The van der Waals surface area contributed by atoms with E-state index < -0.39 is 16.7 Å². The average Bonchev–Trinajstić information content (AvgIpc) is 3.03. The smallest absolute Gasteiger partial charge is 0.269 e. The fraction of sp³-hybridized carbons (Fsp3) is 0. The van der Waals surface area contributed by atoms with E-state index >= 15 is 0 Å². The van der Waals surface area contributed by atoms with Gasteiger partial charge in [-0.1, -0.05) is 36.4 Å². The zero-order chi connectivity index (χ0) is 21.5. The van der Waals surface area contributed by atoms with E-state index in [2.05, 4.69) is 0 Å². The lowest BCUT2D eigenvalue weighted by Crippen LogP contribution is -2.29. The van der Waals surface area contributed by atoms with Crippen molar-refractivity contribution in [1.29, 1.82) is 0 Å². The molecule has 2 amide bonds. The molecule has 0 bridgehead atoms. The van der Waals surface area contributed by atoms with Crippen LogP contribution in [-0.2, 0) is 0 Å². The van der Waals surface area contributed by atoms with Gasteiger partial charge in [-0.05, 0) is 41.8 Å². The zero-order valence-corrected chi connectivity index (χ0v) is 16.0. The first-order chi connectivity index (χ1) is 15.0. The van der Waals surface area contributed by atoms with Gasteiger partial charge in [-0.3, -0.25) is 19.7 Å². The van der Waals surface area contributed by atoms with E-state index in [1.165, 1.54) is 35.2 Å². The molecule has 0 unspecified atom stereocenters. The highest BCUT2D eigenvalue weighted by molar-refractivity contribution is 6.36. The molecule has 1 aliphatic rings. The number of carbonyl (C=O) groups excluding carboxylic acids is 2. The number of fused-ring (bicyclic) bond motifs is 2. The Kier molecular flexibility index (Phi) is 4.22. The molecule has 4 aromatic rings. The fourth-order valence-electron chi connectivity index (χ4n) is 3.68. The number of hydrogen-bond acceptors (Lipinski definition) is 5. The number of anilines is 1. The van der Waals surface area contributed by atoms with E-state index in [1.807, 2.05) is 36.4 Å². The lowest BCUT2D eigenvalue weighted by atomic mass is 10.1. The third kappa shape index (κ3) is 3.08. The normalized spacial score (nSPS) is 12.8. The SMILES string of the molecule is O=C1c2ccc(Oc3ccc([N+](=O)[O-])cc3)cc2C(=O)N1c1cccc2ccccc12. The first-order valence-corrected chi connectivity index (χ1v) is 9.46. The fourth-order valence-corrected chi connectivity index (χ4v) is 3.68. The molecule has 150 valence electrons. The summed E-state index contributed by atoms with van der Waals surface area (Å²) in [6.07, 6.45) is 0. The minimum atomic E-state index is -0.495. The van der Waals surface area contributed by atoms with Gasteiger partial charge >= 0.3 is 0 Å². The molecule has 7 heteroatoms. The second-order valence-corrected chi connectivity index (χ2v) is 7.00. The lowest BCUT2D eigenvalue weighted by molar-refractivity contribution is -0.384. The molecule has 0 spiro atoms. The number of non-ortho nitro benzene ring substituents is 1. The summed E-state index contributed by atoms with van der Waals surface area (Å²) in [6.45, 7) is 0. The Labute approximate surface area is 176 Å².